The van der Waals surface area contributed by atoms with Crippen molar-refractivity contribution in [1.82, 2.24) is 9.21 Å². The molecule has 0 bridgehead atoms. The number of amides is 1. The Morgan fingerprint density at radius 1 is 1.25 bits per heavy atom. The van der Waals surface area contributed by atoms with Crippen LogP contribution in [0.5, 0.6) is 5.75 Å². The molecule has 1 aromatic carbocycles. The quantitative estimate of drug-likeness (QED) is 0.761. The summed E-state index contributed by atoms with van der Waals surface area (Å²) in [6, 6.07) is 5.27. The Labute approximate surface area is 148 Å². The van der Waals surface area contributed by atoms with E-state index in [2.05, 4.69) is 0 Å². The van der Waals surface area contributed by atoms with Gasteiger partial charge in [-0.05, 0) is 24.1 Å². The third kappa shape index (κ3) is 4.62. The van der Waals surface area contributed by atoms with Crippen molar-refractivity contribution in [2.45, 2.75) is 19.8 Å². The summed E-state index contributed by atoms with van der Waals surface area (Å²) in [4.78, 5) is 14.1. The van der Waals surface area contributed by atoms with E-state index in [-0.39, 0.29) is 18.1 Å². The number of methoxy groups -OCH3 is 1. The van der Waals surface area contributed by atoms with Crippen molar-refractivity contribution in [3.05, 3.63) is 28.8 Å². The van der Waals surface area contributed by atoms with Gasteiger partial charge in [0, 0.05) is 26.2 Å². The number of ether oxygens (including phenoxy) is 1. The van der Waals surface area contributed by atoms with Gasteiger partial charge in [-0.15, -0.1) is 0 Å². The molecule has 1 heterocycles. The van der Waals surface area contributed by atoms with Crippen LogP contribution in [0.2, 0.25) is 5.02 Å². The van der Waals surface area contributed by atoms with E-state index in [4.69, 9.17) is 16.3 Å². The van der Waals surface area contributed by atoms with Crippen LogP contribution in [0.4, 0.5) is 0 Å². The standard InChI is InChI=1S/C16H23ClN2O4S/c1-3-10-24(21,22)19-8-6-18(7-9-19)16(20)12-13-4-5-15(23-2)14(17)11-13/h4-5,11H,3,6-10,12H2,1-2H3. The highest BCUT2D eigenvalue weighted by Gasteiger charge is 2.28. The maximum absolute atomic E-state index is 12.4. The second-order valence-corrected chi connectivity index (χ2v) is 8.24. The fraction of sp³-hybridized carbons (Fsp3) is 0.562. The molecule has 134 valence electrons. The summed E-state index contributed by atoms with van der Waals surface area (Å²) in [5, 5.41) is 0.471. The van der Waals surface area contributed by atoms with Gasteiger partial charge in [0.2, 0.25) is 15.9 Å². The Morgan fingerprint density at radius 3 is 2.46 bits per heavy atom. The highest BCUT2D eigenvalue weighted by atomic mass is 35.5. The lowest BCUT2D eigenvalue weighted by atomic mass is 10.1. The average Bonchev–Trinajstić information content (AvgIpc) is 2.55. The molecule has 8 heteroatoms. The van der Waals surface area contributed by atoms with E-state index in [1.165, 1.54) is 11.4 Å². The number of rotatable bonds is 6. The van der Waals surface area contributed by atoms with Crippen LogP contribution in [0.25, 0.3) is 0 Å². The van der Waals surface area contributed by atoms with Gasteiger partial charge in [-0.3, -0.25) is 4.79 Å². The van der Waals surface area contributed by atoms with Gasteiger partial charge >= 0.3 is 0 Å². The first-order chi connectivity index (χ1) is 11.4. The minimum atomic E-state index is -3.19. The molecule has 0 aromatic heterocycles. The van der Waals surface area contributed by atoms with Gasteiger partial charge in [-0.25, -0.2) is 8.42 Å². The SMILES string of the molecule is CCCS(=O)(=O)N1CCN(C(=O)Cc2ccc(OC)c(Cl)c2)CC1. The van der Waals surface area contributed by atoms with Gasteiger partial charge in [-0.1, -0.05) is 24.6 Å². The van der Waals surface area contributed by atoms with Crippen molar-refractivity contribution in [2.24, 2.45) is 0 Å². The summed E-state index contributed by atoms with van der Waals surface area (Å²) in [6.07, 6.45) is 0.838. The molecule has 1 aromatic rings. The third-order valence-corrected chi connectivity index (χ3v) is 6.39. The summed E-state index contributed by atoms with van der Waals surface area (Å²) in [7, 11) is -1.65. The number of hydrogen-bond donors (Lipinski definition) is 0. The van der Waals surface area contributed by atoms with Crippen molar-refractivity contribution < 1.29 is 17.9 Å². The highest BCUT2D eigenvalue weighted by Crippen LogP contribution is 2.25. The van der Waals surface area contributed by atoms with Gasteiger partial charge in [-0.2, -0.15) is 4.31 Å². The minimum absolute atomic E-state index is 0.0243. The molecule has 0 saturated carbocycles. The van der Waals surface area contributed by atoms with Crippen LogP contribution in [0.1, 0.15) is 18.9 Å². The predicted octanol–water partition coefficient (Wildman–Crippen LogP) is 1.78. The first kappa shape index (κ1) is 19.0. The molecule has 0 aliphatic carbocycles. The zero-order valence-electron chi connectivity index (χ0n) is 14.0. The lowest BCUT2D eigenvalue weighted by Gasteiger charge is -2.34. The fourth-order valence-corrected chi connectivity index (χ4v) is 4.48. The first-order valence-electron chi connectivity index (χ1n) is 7.95. The molecule has 1 amide bonds. The molecule has 24 heavy (non-hydrogen) atoms. The van der Waals surface area contributed by atoms with Crippen LogP contribution in [0.3, 0.4) is 0 Å². The zero-order chi connectivity index (χ0) is 17.7. The molecule has 0 radical (unpaired) electrons. The molecule has 2 rings (SSSR count). The number of halogens is 1. The van der Waals surface area contributed by atoms with Crippen LogP contribution >= 0.6 is 11.6 Å². The summed E-state index contributed by atoms with van der Waals surface area (Å²) in [5.41, 5.74) is 0.812. The van der Waals surface area contributed by atoms with E-state index in [0.29, 0.717) is 43.4 Å². The lowest BCUT2D eigenvalue weighted by Crippen LogP contribution is -2.51. The Kier molecular flexibility index (Phi) is 6.48. The Hall–Kier alpha value is -1.31. The molecule has 1 aliphatic rings. The Balaban J connectivity index is 1.92. The molecule has 0 N–H and O–H groups in total. The number of benzene rings is 1. The van der Waals surface area contributed by atoms with Crippen molar-refractivity contribution in [1.29, 1.82) is 0 Å². The van der Waals surface area contributed by atoms with Gasteiger partial charge < -0.3 is 9.64 Å². The van der Waals surface area contributed by atoms with Crippen LogP contribution in [-0.4, -0.2) is 62.6 Å². The molecular weight excluding hydrogens is 352 g/mol. The van der Waals surface area contributed by atoms with Crippen molar-refractivity contribution in [2.75, 3.05) is 39.0 Å². The van der Waals surface area contributed by atoms with Crippen molar-refractivity contribution in [3.8, 4) is 5.75 Å². The normalized spacial score (nSPS) is 16.2. The molecule has 0 unspecified atom stereocenters. The molecule has 0 atom stereocenters. The van der Waals surface area contributed by atoms with Crippen LogP contribution < -0.4 is 4.74 Å². The molecule has 1 fully saturated rings. The van der Waals surface area contributed by atoms with Gasteiger partial charge in [0.1, 0.15) is 5.75 Å². The van der Waals surface area contributed by atoms with E-state index in [9.17, 15) is 13.2 Å². The topological polar surface area (TPSA) is 66.9 Å². The zero-order valence-corrected chi connectivity index (χ0v) is 15.6. The second kappa shape index (κ2) is 8.18. The number of nitrogens with zero attached hydrogens (tertiary/aromatic N) is 2. The summed E-state index contributed by atoms with van der Waals surface area (Å²) >= 11 is 6.07. The molecule has 0 spiro atoms. The van der Waals surface area contributed by atoms with Gasteiger partial charge in [0.05, 0.1) is 24.3 Å². The number of hydrogen-bond acceptors (Lipinski definition) is 4. The molecule has 1 aliphatic heterocycles. The van der Waals surface area contributed by atoms with Gasteiger partial charge in [0.15, 0.2) is 0 Å². The second-order valence-electron chi connectivity index (χ2n) is 5.74. The van der Waals surface area contributed by atoms with E-state index in [1.54, 1.807) is 17.0 Å². The van der Waals surface area contributed by atoms with E-state index in [1.807, 2.05) is 13.0 Å². The van der Waals surface area contributed by atoms with Gasteiger partial charge in [0.25, 0.3) is 0 Å². The largest absolute Gasteiger partial charge is 0.495 e. The fourth-order valence-electron chi connectivity index (χ4n) is 2.71. The monoisotopic (exact) mass is 374 g/mol. The Bertz CT molecular complexity index is 685. The summed E-state index contributed by atoms with van der Waals surface area (Å²) in [5.74, 6) is 0.706. The smallest absolute Gasteiger partial charge is 0.227 e. The van der Waals surface area contributed by atoms with E-state index in [0.717, 1.165) is 5.56 Å². The number of carbonyl (C=O) groups is 1. The molecule has 1 saturated heterocycles. The highest BCUT2D eigenvalue weighted by molar-refractivity contribution is 7.89. The van der Waals surface area contributed by atoms with Crippen LogP contribution in [-0.2, 0) is 21.2 Å². The predicted molar refractivity (Wildman–Crippen MR) is 93.9 cm³/mol. The summed E-state index contributed by atoms with van der Waals surface area (Å²) in [6.45, 7) is 3.41. The van der Waals surface area contributed by atoms with Crippen molar-refractivity contribution in [3.63, 3.8) is 0 Å². The number of sulfonamides is 1. The van der Waals surface area contributed by atoms with Crippen molar-refractivity contribution >= 4 is 27.5 Å². The summed E-state index contributed by atoms with van der Waals surface area (Å²) < 4.78 is 30.7. The van der Waals surface area contributed by atoms with E-state index >= 15 is 0 Å². The lowest BCUT2D eigenvalue weighted by molar-refractivity contribution is -0.131. The molecule has 6 nitrogen and oxygen atoms in total. The molecular formula is C16H23ClN2O4S. The first-order valence-corrected chi connectivity index (χ1v) is 9.94. The Morgan fingerprint density at radius 2 is 1.92 bits per heavy atom. The van der Waals surface area contributed by atoms with Crippen LogP contribution in [0.15, 0.2) is 18.2 Å². The number of piperazine rings is 1. The van der Waals surface area contributed by atoms with Crippen LogP contribution in [0, 0.1) is 0 Å². The maximum atomic E-state index is 12.4. The number of carbonyl (C=O) groups excluding carboxylic acids is 1. The minimum Gasteiger partial charge on any atom is -0.495 e. The van der Waals surface area contributed by atoms with E-state index < -0.39 is 10.0 Å². The average molecular weight is 375 g/mol. The third-order valence-electron chi connectivity index (χ3n) is 4.02. The maximum Gasteiger partial charge on any atom is 0.227 e.